The maximum Gasteiger partial charge on any atom is 0.156 e. The van der Waals surface area contributed by atoms with E-state index in [2.05, 4.69) is 10.1 Å². The summed E-state index contributed by atoms with van der Waals surface area (Å²) in [7, 11) is 0. The van der Waals surface area contributed by atoms with Gasteiger partial charge in [-0.3, -0.25) is 4.90 Å². The van der Waals surface area contributed by atoms with Crippen molar-refractivity contribution in [1.29, 1.82) is 0 Å². The van der Waals surface area contributed by atoms with Gasteiger partial charge in [0.25, 0.3) is 0 Å². The molecule has 0 aromatic rings. The Labute approximate surface area is 113 Å². The van der Waals surface area contributed by atoms with Crippen LogP contribution in [0.4, 0.5) is 0 Å². The Morgan fingerprint density at radius 3 is 3.00 bits per heavy atom. The molecule has 0 bridgehead atoms. The van der Waals surface area contributed by atoms with Crippen molar-refractivity contribution in [1.82, 2.24) is 4.90 Å². The molecule has 3 fully saturated rings. The molecule has 3 aliphatic rings. The number of hydrogen-bond donors (Lipinski definition) is 2. The largest absolute Gasteiger partial charge is 0.409 e. The van der Waals surface area contributed by atoms with Gasteiger partial charge in [0.2, 0.25) is 0 Å². The van der Waals surface area contributed by atoms with Crippen molar-refractivity contribution >= 4 is 5.84 Å². The van der Waals surface area contributed by atoms with E-state index in [-0.39, 0.29) is 11.6 Å². The van der Waals surface area contributed by atoms with Crippen LogP contribution in [0.15, 0.2) is 5.16 Å². The molecule has 108 valence electrons. The minimum Gasteiger partial charge on any atom is -0.409 e. The standard InChI is InChI=1S/C13H23N3O3/c14-12(15-17)11-2-1-5-16(11)10-3-6-19-13(8-10)4-7-18-9-13/h10-11,17H,1-9H2,(H2,14,15). The first-order valence-electron chi connectivity index (χ1n) is 7.19. The van der Waals surface area contributed by atoms with Crippen molar-refractivity contribution in [2.75, 3.05) is 26.4 Å². The highest BCUT2D eigenvalue weighted by Gasteiger charge is 2.44. The predicted octanol–water partition coefficient (Wildman–Crippen LogP) is 0.535. The Balaban J connectivity index is 1.70. The van der Waals surface area contributed by atoms with Crippen molar-refractivity contribution in [3.8, 4) is 0 Å². The molecule has 6 heteroatoms. The summed E-state index contributed by atoms with van der Waals surface area (Å²) in [6.45, 7) is 3.33. The summed E-state index contributed by atoms with van der Waals surface area (Å²) in [5.41, 5.74) is 5.74. The number of oxime groups is 1. The molecule has 0 aromatic carbocycles. The van der Waals surface area contributed by atoms with Crippen LogP contribution in [0.3, 0.4) is 0 Å². The van der Waals surface area contributed by atoms with E-state index in [0.717, 1.165) is 51.9 Å². The Hall–Kier alpha value is -0.850. The van der Waals surface area contributed by atoms with Crippen molar-refractivity contribution < 1.29 is 14.7 Å². The summed E-state index contributed by atoms with van der Waals surface area (Å²) in [5, 5.41) is 12.1. The molecule has 0 amide bonds. The third kappa shape index (κ3) is 2.44. The first kappa shape index (κ1) is 13.1. The van der Waals surface area contributed by atoms with E-state index in [0.29, 0.717) is 18.5 Å². The highest BCUT2D eigenvalue weighted by atomic mass is 16.6. The van der Waals surface area contributed by atoms with Crippen molar-refractivity contribution in [3.05, 3.63) is 0 Å². The lowest BCUT2D eigenvalue weighted by molar-refractivity contribution is -0.105. The second kappa shape index (κ2) is 5.26. The summed E-state index contributed by atoms with van der Waals surface area (Å²) in [6.07, 6.45) is 5.11. The summed E-state index contributed by atoms with van der Waals surface area (Å²) >= 11 is 0. The molecule has 6 nitrogen and oxygen atoms in total. The Bertz CT molecular complexity index is 355. The van der Waals surface area contributed by atoms with E-state index < -0.39 is 0 Å². The average molecular weight is 269 g/mol. The van der Waals surface area contributed by atoms with Crippen molar-refractivity contribution in [2.45, 2.75) is 49.8 Å². The minimum absolute atomic E-state index is 0.0822. The van der Waals surface area contributed by atoms with E-state index in [1.165, 1.54) is 0 Å². The second-order valence-corrected chi connectivity index (χ2v) is 5.90. The van der Waals surface area contributed by atoms with Crippen LogP contribution in [0.25, 0.3) is 0 Å². The molecule has 0 aliphatic carbocycles. The minimum atomic E-state index is -0.0822. The third-order valence-electron chi connectivity index (χ3n) is 4.75. The van der Waals surface area contributed by atoms with E-state index in [1.54, 1.807) is 0 Å². The number of ether oxygens (including phenoxy) is 2. The molecule has 3 N–H and O–H groups in total. The number of likely N-dealkylation sites (tertiary alicyclic amines) is 1. The zero-order valence-corrected chi connectivity index (χ0v) is 11.3. The van der Waals surface area contributed by atoms with Crippen LogP contribution in [0, 0.1) is 0 Å². The molecule has 0 aromatic heterocycles. The zero-order chi connectivity index (χ0) is 13.3. The van der Waals surface area contributed by atoms with Gasteiger partial charge < -0.3 is 20.4 Å². The molecular formula is C13H23N3O3. The van der Waals surface area contributed by atoms with Gasteiger partial charge in [-0.1, -0.05) is 5.16 Å². The van der Waals surface area contributed by atoms with Gasteiger partial charge in [0.05, 0.1) is 18.2 Å². The Kier molecular flexibility index (Phi) is 3.64. The van der Waals surface area contributed by atoms with Crippen LogP contribution in [0.5, 0.6) is 0 Å². The lowest BCUT2D eigenvalue weighted by atomic mass is 9.88. The van der Waals surface area contributed by atoms with E-state index >= 15 is 0 Å². The lowest BCUT2D eigenvalue weighted by Crippen LogP contribution is -2.53. The summed E-state index contributed by atoms with van der Waals surface area (Å²) in [5.74, 6) is 0.348. The maximum atomic E-state index is 8.91. The van der Waals surface area contributed by atoms with Gasteiger partial charge in [-0.2, -0.15) is 0 Å². The molecule has 3 rings (SSSR count). The fraction of sp³-hybridized carbons (Fsp3) is 0.923. The quantitative estimate of drug-likeness (QED) is 0.331. The molecule has 3 atom stereocenters. The fourth-order valence-corrected chi connectivity index (χ4v) is 3.76. The van der Waals surface area contributed by atoms with Crippen molar-refractivity contribution in [2.24, 2.45) is 10.9 Å². The van der Waals surface area contributed by atoms with Gasteiger partial charge in [-0.15, -0.1) is 0 Å². The van der Waals surface area contributed by atoms with Gasteiger partial charge in [-0.25, -0.2) is 0 Å². The number of amidine groups is 1. The number of rotatable bonds is 2. The molecule has 3 saturated heterocycles. The van der Waals surface area contributed by atoms with E-state index in [9.17, 15) is 0 Å². The Morgan fingerprint density at radius 1 is 1.37 bits per heavy atom. The van der Waals surface area contributed by atoms with Crippen LogP contribution in [0.1, 0.15) is 32.1 Å². The summed E-state index contributed by atoms with van der Waals surface area (Å²) in [6, 6.07) is 0.552. The van der Waals surface area contributed by atoms with Gasteiger partial charge in [0, 0.05) is 25.7 Å². The first-order chi connectivity index (χ1) is 9.24. The predicted molar refractivity (Wildman–Crippen MR) is 70.3 cm³/mol. The molecular weight excluding hydrogens is 246 g/mol. The van der Waals surface area contributed by atoms with Gasteiger partial charge in [0.15, 0.2) is 5.84 Å². The van der Waals surface area contributed by atoms with Crippen LogP contribution < -0.4 is 5.73 Å². The first-order valence-corrected chi connectivity index (χ1v) is 7.19. The van der Waals surface area contributed by atoms with Gasteiger partial charge in [-0.05, 0) is 32.2 Å². The van der Waals surface area contributed by atoms with Crippen LogP contribution in [0.2, 0.25) is 0 Å². The monoisotopic (exact) mass is 269 g/mol. The highest BCUT2D eigenvalue weighted by molar-refractivity contribution is 5.85. The van der Waals surface area contributed by atoms with Crippen LogP contribution in [-0.2, 0) is 9.47 Å². The SMILES string of the molecule is NC(=NO)C1CCCN1C1CCOC2(CCOC2)C1. The fourth-order valence-electron chi connectivity index (χ4n) is 3.76. The third-order valence-corrected chi connectivity index (χ3v) is 4.75. The Morgan fingerprint density at radius 2 is 2.26 bits per heavy atom. The number of hydrogen-bond acceptors (Lipinski definition) is 5. The molecule has 3 unspecified atom stereocenters. The number of nitrogens with two attached hydrogens (primary N) is 1. The second-order valence-electron chi connectivity index (χ2n) is 5.90. The lowest BCUT2D eigenvalue weighted by Gasteiger charge is -2.42. The smallest absolute Gasteiger partial charge is 0.156 e. The molecule has 19 heavy (non-hydrogen) atoms. The topological polar surface area (TPSA) is 80.3 Å². The zero-order valence-electron chi connectivity index (χ0n) is 11.3. The maximum absolute atomic E-state index is 8.91. The summed E-state index contributed by atoms with van der Waals surface area (Å²) < 4.78 is 11.5. The van der Waals surface area contributed by atoms with Gasteiger partial charge >= 0.3 is 0 Å². The molecule has 3 aliphatic heterocycles. The average Bonchev–Trinajstić information content (AvgIpc) is 3.07. The normalized spacial score (nSPS) is 41.2. The molecule has 1 spiro atoms. The van der Waals surface area contributed by atoms with E-state index in [4.69, 9.17) is 20.4 Å². The molecule has 0 radical (unpaired) electrons. The highest BCUT2D eigenvalue weighted by Crippen LogP contribution is 2.36. The van der Waals surface area contributed by atoms with Crippen LogP contribution >= 0.6 is 0 Å². The van der Waals surface area contributed by atoms with E-state index in [1.807, 2.05) is 0 Å². The number of nitrogens with zero attached hydrogens (tertiary/aromatic N) is 2. The molecule has 0 saturated carbocycles. The van der Waals surface area contributed by atoms with Gasteiger partial charge in [0.1, 0.15) is 0 Å². The van der Waals surface area contributed by atoms with Crippen molar-refractivity contribution in [3.63, 3.8) is 0 Å². The molecule has 3 heterocycles. The van der Waals surface area contributed by atoms with Crippen LogP contribution in [-0.4, -0.2) is 60.0 Å². The summed E-state index contributed by atoms with van der Waals surface area (Å²) in [4.78, 5) is 2.40.